The summed E-state index contributed by atoms with van der Waals surface area (Å²) in [6.45, 7) is 2.13. The first-order chi connectivity index (χ1) is 8.22. The summed E-state index contributed by atoms with van der Waals surface area (Å²) >= 11 is 0. The molecule has 1 rings (SSSR count). The maximum Gasteiger partial charge on any atom is 0.0669 e. The summed E-state index contributed by atoms with van der Waals surface area (Å²) < 4.78 is 0. The van der Waals surface area contributed by atoms with Gasteiger partial charge in [0, 0.05) is 13.2 Å². The summed E-state index contributed by atoms with van der Waals surface area (Å²) in [5.74, 6) is 0.771. The fourth-order valence-electron chi connectivity index (χ4n) is 2.83. The first kappa shape index (κ1) is 14.9. The lowest BCUT2D eigenvalue weighted by Crippen LogP contribution is -2.31. The van der Waals surface area contributed by atoms with Crippen LogP contribution in [0.15, 0.2) is 0 Å². The van der Waals surface area contributed by atoms with Crippen molar-refractivity contribution in [2.75, 3.05) is 26.7 Å². The third-order valence-electron chi connectivity index (χ3n) is 3.80. The van der Waals surface area contributed by atoms with E-state index in [9.17, 15) is 5.11 Å². The van der Waals surface area contributed by atoms with Crippen LogP contribution in [0.5, 0.6) is 0 Å². The van der Waals surface area contributed by atoms with Crippen LogP contribution in [-0.4, -0.2) is 48.0 Å². The van der Waals surface area contributed by atoms with E-state index in [1.54, 1.807) is 0 Å². The number of hydrogen-bond acceptors (Lipinski definition) is 3. The van der Waals surface area contributed by atoms with Crippen molar-refractivity contribution >= 4 is 0 Å². The Balaban J connectivity index is 2.01. The van der Waals surface area contributed by atoms with Gasteiger partial charge in [-0.2, -0.15) is 0 Å². The second-order valence-corrected chi connectivity index (χ2v) is 5.59. The number of likely N-dealkylation sites (N-methyl/N-ethyl adjacent to an activating group) is 1. The van der Waals surface area contributed by atoms with Gasteiger partial charge >= 0.3 is 0 Å². The van der Waals surface area contributed by atoms with Crippen LogP contribution in [0, 0.1) is 5.92 Å². The van der Waals surface area contributed by atoms with Crippen molar-refractivity contribution in [2.45, 2.75) is 57.5 Å². The Kier molecular flexibility index (Phi) is 7.82. The van der Waals surface area contributed by atoms with E-state index in [4.69, 9.17) is 5.11 Å². The predicted octanol–water partition coefficient (Wildman–Crippen LogP) is 2.02. The van der Waals surface area contributed by atoms with Gasteiger partial charge in [0.15, 0.2) is 0 Å². The number of unbranched alkanes of at least 4 members (excludes halogenated alkanes) is 2. The molecule has 3 nitrogen and oxygen atoms in total. The van der Waals surface area contributed by atoms with Gasteiger partial charge in [-0.3, -0.25) is 0 Å². The molecule has 0 saturated heterocycles. The molecule has 102 valence electrons. The summed E-state index contributed by atoms with van der Waals surface area (Å²) in [6, 6.07) is 0. The average Bonchev–Trinajstić information content (AvgIpc) is 2.77. The van der Waals surface area contributed by atoms with Gasteiger partial charge in [0.1, 0.15) is 0 Å². The zero-order valence-electron chi connectivity index (χ0n) is 11.3. The highest BCUT2D eigenvalue weighted by Crippen LogP contribution is 2.28. The molecule has 1 saturated carbocycles. The maximum atomic E-state index is 10.0. The lowest BCUT2D eigenvalue weighted by molar-refractivity contribution is 0.101. The molecule has 0 aliphatic heterocycles. The van der Waals surface area contributed by atoms with Gasteiger partial charge in [-0.1, -0.05) is 25.7 Å². The number of rotatable bonds is 9. The number of hydrogen-bond donors (Lipinski definition) is 2. The van der Waals surface area contributed by atoms with E-state index in [1.165, 1.54) is 25.7 Å². The molecule has 0 spiro atoms. The van der Waals surface area contributed by atoms with Crippen LogP contribution in [0.1, 0.15) is 51.4 Å². The zero-order valence-corrected chi connectivity index (χ0v) is 11.3. The Morgan fingerprint density at radius 2 is 1.88 bits per heavy atom. The van der Waals surface area contributed by atoms with E-state index >= 15 is 0 Å². The molecule has 2 N–H and O–H groups in total. The van der Waals surface area contributed by atoms with Gasteiger partial charge < -0.3 is 15.1 Å². The highest BCUT2D eigenvalue weighted by atomic mass is 16.3. The van der Waals surface area contributed by atoms with E-state index in [0.717, 1.165) is 44.7 Å². The Hall–Kier alpha value is -0.120. The first-order valence-corrected chi connectivity index (χ1v) is 7.20. The minimum absolute atomic E-state index is 0.152. The molecule has 0 radical (unpaired) electrons. The minimum atomic E-state index is -0.152. The Bertz CT molecular complexity index is 181. The van der Waals surface area contributed by atoms with Crippen molar-refractivity contribution in [1.82, 2.24) is 4.90 Å². The van der Waals surface area contributed by atoms with Gasteiger partial charge in [-0.15, -0.1) is 0 Å². The van der Waals surface area contributed by atoms with Crippen molar-refractivity contribution in [3.05, 3.63) is 0 Å². The van der Waals surface area contributed by atoms with E-state index in [2.05, 4.69) is 11.9 Å². The fourth-order valence-corrected chi connectivity index (χ4v) is 2.83. The van der Waals surface area contributed by atoms with Crippen LogP contribution >= 0.6 is 0 Å². The molecule has 1 fully saturated rings. The largest absolute Gasteiger partial charge is 0.396 e. The van der Waals surface area contributed by atoms with Gasteiger partial charge in [0.2, 0.25) is 0 Å². The quantitative estimate of drug-likeness (QED) is 0.609. The van der Waals surface area contributed by atoms with Gasteiger partial charge in [-0.05, 0) is 45.2 Å². The number of nitrogens with zero attached hydrogens (tertiary/aromatic N) is 1. The van der Waals surface area contributed by atoms with Crippen molar-refractivity contribution in [3.63, 3.8) is 0 Å². The van der Waals surface area contributed by atoms with Crippen LogP contribution in [-0.2, 0) is 0 Å². The normalized spacial score (nSPS) is 19.1. The average molecular weight is 243 g/mol. The van der Waals surface area contributed by atoms with Crippen molar-refractivity contribution in [2.24, 2.45) is 5.92 Å². The van der Waals surface area contributed by atoms with E-state index in [0.29, 0.717) is 6.61 Å². The second kappa shape index (κ2) is 8.90. The van der Waals surface area contributed by atoms with Crippen LogP contribution in [0.4, 0.5) is 0 Å². The third kappa shape index (κ3) is 7.02. The van der Waals surface area contributed by atoms with E-state index in [1.807, 2.05) is 0 Å². The predicted molar refractivity (Wildman–Crippen MR) is 71.0 cm³/mol. The lowest BCUT2D eigenvalue weighted by atomic mass is 10.00. The van der Waals surface area contributed by atoms with Gasteiger partial charge in [0.25, 0.3) is 0 Å². The Morgan fingerprint density at radius 3 is 2.53 bits per heavy atom. The molecule has 0 bridgehead atoms. The molecular formula is C14H29NO2. The summed E-state index contributed by atoms with van der Waals surface area (Å²) in [5.41, 5.74) is 0. The van der Waals surface area contributed by atoms with Crippen LogP contribution in [0.25, 0.3) is 0 Å². The zero-order chi connectivity index (χ0) is 12.5. The monoisotopic (exact) mass is 243 g/mol. The smallest absolute Gasteiger partial charge is 0.0669 e. The first-order valence-electron chi connectivity index (χ1n) is 7.20. The standard InChI is InChI=1S/C14H29NO2/c1-15(9-5-2-6-10-16)12-14(17)11-13-7-3-4-8-13/h13-14,16-17H,2-12H2,1H3. The summed E-state index contributed by atoms with van der Waals surface area (Å²) in [6.07, 6.45) is 9.28. The van der Waals surface area contributed by atoms with Crippen LogP contribution < -0.4 is 0 Å². The molecule has 1 aliphatic carbocycles. The Labute approximate surface area is 106 Å². The summed E-state index contributed by atoms with van der Waals surface area (Å²) in [4.78, 5) is 2.22. The molecule has 1 aliphatic rings. The van der Waals surface area contributed by atoms with Gasteiger partial charge in [-0.25, -0.2) is 0 Å². The SMILES string of the molecule is CN(CCCCCO)CC(O)CC1CCCC1. The van der Waals surface area contributed by atoms with Crippen LogP contribution in [0.3, 0.4) is 0 Å². The van der Waals surface area contributed by atoms with Crippen LogP contribution in [0.2, 0.25) is 0 Å². The number of aliphatic hydroxyl groups excluding tert-OH is 2. The Morgan fingerprint density at radius 1 is 1.18 bits per heavy atom. The third-order valence-corrected chi connectivity index (χ3v) is 3.80. The molecule has 1 atom stereocenters. The minimum Gasteiger partial charge on any atom is -0.396 e. The molecule has 0 heterocycles. The molecule has 3 heteroatoms. The highest BCUT2D eigenvalue weighted by molar-refractivity contribution is 4.72. The second-order valence-electron chi connectivity index (χ2n) is 5.59. The highest BCUT2D eigenvalue weighted by Gasteiger charge is 2.19. The topological polar surface area (TPSA) is 43.7 Å². The molecule has 1 unspecified atom stereocenters. The molecule has 0 aromatic heterocycles. The molecular weight excluding hydrogens is 214 g/mol. The van der Waals surface area contributed by atoms with Crippen molar-refractivity contribution in [3.8, 4) is 0 Å². The maximum absolute atomic E-state index is 10.0. The van der Waals surface area contributed by atoms with E-state index < -0.39 is 0 Å². The van der Waals surface area contributed by atoms with Crippen molar-refractivity contribution in [1.29, 1.82) is 0 Å². The molecule has 0 aromatic carbocycles. The molecule has 0 amide bonds. The molecule has 0 aromatic rings. The fraction of sp³-hybridized carbons (Fsp3) is 1.00. The van der Waals surface area contributed by atoms with Crippen molar-refractivity contribution < 1.29 is 10.2 Å². The summed E-state index contributed by atoms with van der Waals surface area (Å²) in [5, 5.41) is 18.7. The van der Waals surface area contributed by atoms with Gasteiger partial charge in [0.05, 0.1) is 6.10 Å². The summed E-state index contributed by atoms with van der Waals surface area (Å²) in [7, 11) is 2.08. The number of aliphatic hydroxyl groups is 2. The lowest BCUT2D eigenvalue weighted by Gasteiger charge is -2.22. The van der Waals surface area contributed by atoms with E-state index in [-0.39, 0.29) is 6.10 Å². The molecule has 17 heavy (non-hydrogen) atoms.